The third-order valence-electron chi connectivity index (χ3n) is 4.45. The molecule has 0 aromatic heterocycles. The Labute approximate surface area is 139 Å². The predicted octanol–water partition coefficient (Wildman–Crippen LogP) is 1.84. The molecule has 0 unspecified atom stereocenters. The quantitative estimate of drug-likeness (QED) is 0.744. The largest absolute Gasteiger partial charge is 0.477 e. The van der Waals surface area contributed by atoms with Crippen molar-refractivity contribution in [1.29, 1.82) is 0 Å². The normalized spacial score (nSPS) is 23.0. The van der Waals surface area contributed by atoms with Crippen molar-refractivity contribution < 1.29 is 14.7 Å². The van der Waals surface area contributed by atoms with Crippen molar-refractivity contribution in [2.45, 2.75) is 24.6 Å². The number of aliphatic carboxylic acids is 1. The Morgan fingerprint density at radius 3 is 2.70 bits per heavy atom. The first-order valence-electron chi connectivity index (χ1n) is 7.73. The van der Waals surface area contributed by atoms with E-state index >= 15 is 0 Å². The van der Waals surface area contributed by atoms with Crippen molar-refractivity contribution in [1.82, 2.24) is 4.90 Å². The lowest BCUT2D eigenvalue weighted by molar-refractivity contribution is -0.155. The molecular formula is C17H20N2O3S. The first-order chi connectivity index (χ1) is 11.1. The Kier molecular flexibility index (Phi) is 4.73. The SMILES string of the molecule is NCC[C@@H]1C(=O)N2C(C(=O)O)=C(CSCc3ccccc3)C[C@@H]12. The molecule has 3 N–H and O–H groups in total. The van der Waals surface area contributed by atoms with Crippen LogP contribution in [0.4, 0.5) is 0 Å². The lowest BCUT2D eigenvalue weighted by Crippen LogP contribution is -2.58. The van der Waals surface area contributed by atoms with Crippen molar-refractivity contribution in [3.63, 3.8) is 0 Å². The highest BCUT2D eigenvalue weighted by Gasteiger charge is 2.54. The standard InChI is InChI=1S/C17H20N2O3S/c18-7-6-13-14-8-12(15(17(21)22)19(14)16(13)20)10-23-9-11-4-2-1-3-5-11/h1-5,13-14H,6-10,18H2,(H,21,22)/t13-,14-/m0/s1. The molecule has 1 aromatic carbocycles. The predicted molar refractivity (Wildman–Crippen MR) is 89.7 cm³/mol. The number of nitrogens with two attached hydrogens (primary N) is 1. The van der Waals surface area contributed by atoms with Gasteiger partial charge in [0.15, 0.2) is 0 Å². The summed E-state index contributed by atoms with van der Waals surface area (Å²) < 4.78 is 0. The van der Waals surface area contributed by atoms with E-state index in [4.69, 9.17) is 5.73 Å². The molecule has 5 nitrogen and oxygen atoms in total. The van der Waals surface area contributed by atoms with Gasteiger partial charge in [-0.2, -0.15) is 11.8 Å². The third kappa shape index (κ3) is 3.01. The Hall–Kier alpha value is -1.79. The van der Waals surface area contributed by atoms with Gasteiger partial charge in [-0.1, -0.05) is 30.3 Å². The van der Waals surface area contributed by atoms with Crippen molar-refractivity contribution in [2.24, 2.45) is 11.7 Å². The van der Waals surface area contributed by atoms with Crippen LogP contribution in [0.15, 0.2) is 41.6 Å². The van der Waals surface area contributed by atoms with Crippen molar-refractivity contribution in [2.75, 3.05) is 12.3 Å². The fourth-order valence-electron chi connectivity index (χ4n) is 3.38. The summed E-state index contributed by atoms with van der Waals surface area (Å²) in [5.74, 6) is 0.295. The minimum absolute atomic E-state index is 0.00414. The summed E-state index contributed by atoms with van der Waals surface area (Å²) in [5.41, 5.74) is 7.84. The molecule has 1 amide bonds. The number of carboxylic acids is 1. The molecule has 0 saturated carbocycles. The van der Waals surface area contributed by atoms with E-state index in [-0.39, 0.29) is 23.6 Å². The summed E-state index contributed by atoms with van der Waals surface area (Å²) in [4.78, 5) is 25.2. The number of carboxylic acid groups (broad SMARTS) is 1. The second-order valence-corrected chi connectivity index (χ2v) is 6.88. The molecule has 1 fully saturated rings. The van der Waals surface area contributed by atoms with Gasteiger partial charge in [0.25, 0.3) is 0 Å². The summed E-state index contributed by atoms with van der Waals surface area (Å²) in [5, 5.41) is 9.47. The van der Waals surface area contributed by atoms with Crippen LogP contribution in [0.3, 0.4) is 0 Å². The number of nitrogens with zero attached hydrogens (tertiary/aromatic N) is 1. The Balaban J connectivity index is 1.66. The smallest absolute Gasteiger partial charge is 0.352 e. The zero-order valence-electron chi connectivity index (χ0n) is 12.8. The number of carbonyl (C=O) groups excluding carboxylic acids is 1. The van der Waals surface area contributed by atoms with Crippen molar-refractivity contribution >= 4 is 23.6 Å². The number of hydrogen-bond acceptors (Lipinski definition) is 4. The van der Waals surface area contributed by atoms with E-state index in [9.17, 15) is 14.7 Å². The van der Waals surface area contributed by atoms with E-state index in [2.05, 4.69) is 12.1 Å². The van der Waals surface area contributed by atoms with Crippen LogP contribution in [0.1, 0.15) is 18.4 Å². The van der Waals surface area contributed by atoms with Gasteiger partial charge in [-0.3, -0.25) is 4.79 Å². The number of hydrogen-bond donors (Lipinski definition) is 2. The molecule has 0 spiro atoms. The molecular weight excluding hydrogens is 312 g/mol. The van der Waals surface area contributed by atoms with Gasteiger partial charge in [-0.05, 0) is 30.5 Å². The number of carbonyl (C=O) groups is 2. The number of benzene rings is 1. The van der Waals surface area contributed by atoms with Crippen LogP contribution in [0.25, 0.3) is 0 Å². The maximum atomic E-state index is 12.2. The molecule has 2 aliphatic heterocycles. The topological polar surface area (TPSA) is 83.6 Å². The zero-order chi connectivity index (χ0) is 16.4. The monoisotopic (exact) mass is 332 g/mol. The van der Waals surface area contributed by atoms with Crippen LogP contribution < -0.4 is 5.73 Å². The van der Waals surface area contributed by atoms with Gasteiger partial charge in [0, 0.05) is 11.5 Å². The van der Waals surface area contributed by atoms with E-state index in [0.29, 0.717) is 25.1 Å². The molecule has 2 heterocycles. The number of fused-ring (bicyclic) bond motifs is 1. The van der Waals surface area contributed by atoms with Crippen LogP contribution in [0.5, 0.6) is 0 Å². The number of amides is 1. The minimum Gasteiger partial charge on any atom is -0.477 e. The molecule has 3 rings (SSSR count). The summed E-state index contributed by atoms with van der Waals surface area (Å²) in [6, 6.07) is 10.1. The van der Waals surface area contributed by atoms with Gasteiger partial charge in [0.2, 0.25) is 5.91 Å². The van der Waals surface area contributed by atoms with Gasteiger partial charge in [-0.25, -0.2) is 4.79 Å². The number of β-lactam (4-membered cyclic amide) rings is 1. The molecule has 1 aromatic rings. The van der Waals surface area contributed by atoms with E-state index in [0.717, 1.165) is 11.3 Å². The summed E-state index contributed by atoms with van der Waals surface area (Å²) in [6.45, 7) is 0.460. The minimum atomic E-state index is -0.998. The van der Waals surface area contributed by atoms with Gasteiger partial charge in [0.05, 0.1) is 12.0 Å². The van der Waals surface area contributed by atoms with Crippen LogP contribution in [0.2, 0.25) is 0 Å². The van der Waals surface area contributed by atoms with E-state index in [1.807, 2.05) is 18.2 Å². The molecule has 0 bridgehead atoms. The van der Waals surface area contributed by atoms with Crippen LogP contribution in [0, 0.1) is 5.92 Å². The molecule has 2 atom stereocenters. The summed E-state index contributed by atoms with van der Waals surface area (Å²) >= 11 is 1.69. The highest BCUT2D eigenvalue weighted by atomic mass is 32.2. The maximum absolute atomic E-state index is 12.2. The van der Waals surface area contributed by atoms with Gasteiger partial charge < -0.3 is 15.7 Å². The van der Waals surface area contributed by atoms with E-state index in [1.54, 1.807) is 11.8 Å². The van der Waals surface area contributed by atoms with Crippen molar-refractivity contribution in [3.8, 4) is 0 Å². The lowest BCUT2D eigenvalue weighted by Gasteiger charge is -2.43. The average Bonchev–Trinajstić information content (AvgIpc) is 2.89. The number of thioether (sulfide) groups is 1. The lowest BCUT2D eigenvalue weighted by atomic mass is 9.84. The molecule has 0 radical (unpaired) electrons. The summed E-state index contributed by atoms with van der Waals surface area (Å²) in [6.07, 6.45) is 1.30. The highest BCUT2D eigenvalue weighted by Crippen LogP contribution is 2.44. The zero-order valence-corrected chi connectivity index (χ0v) is 13.6. The second kappa shape index (κ2) is 6.76. The molecule has 1 saturated heterocycles. The first kappa shape index (κ1) is 16.1. The van der Waals surface area contributed by atoms with Crippen LogP contribution in [-0.2, 0) is 15.3 Å². The fraction of sp³-hybridized carbons (Fsp3) is 0.412. The Morgan fingerprint density at radius 1 is 1.30 bits per heavy atom. The Morgan fingerprint density at radius 2 is 2.04 bits per heavy atom. The molecule has 23 heavy (non-hydrogen) atoms. The molecule has 2 aliphatic rings. The summed E-state index contributed by atoms with van der Waals surface area (Å²) in [7, 11) is 0. The molecule has 122 valence electrons. The highest BCUT2D eigenvalue weighted by molar-refractivity contribution is 7.98. The van der Waals surface area contributed by atoms with Crippen LogP contribution in [-0.4, -0.2) is 40.2 Å². The second-order valence-electron chi connectivity index (χ2n) is 5.90. The van der Waals surface area contributed by atoms with Gasteiger partial charge in [0.1, 0.15) is 5.70 Å². The average molecular weight is 332 g/mol. The molecule has 6 heteroatoms. The van der Waals surface area contributed by atoms with Crippen LogP contribution >= 0.6 is 11.8 Å². The first-order valence-corrected chi connectivity index (χ1v) is 8.89. The Bertz CT molecular complexity index is 644. The fourth-order valence-corrected chi connectivity index (χ4v) is 4.41. The van der Waals surface area contributed by atoms with E-state index in [1.165, 1.54) is 10.5 Å². The number of rotatable bonds is 7. The van der Waals surface area contributed by atoms with Gasteiger partial charge in [-0.15, -0.1) is 0 Å². The van der Waals surface area contributed by atoms with Gasteiger partial charge >= 0.3 is 5.97 Å². The third-order valence-corrected chi connectivity index (χ3v) is 5.54. The maximum Gasteiger partial charge on any atom is 0.352 e. The van der Waals surface area contributed by atoms with Crippen molar-refractivity contribution in [3.05, 3.63) is 47.2 Å². The van der Waals surface area contributed by atoms with E-state index < -0.39 is 5.97 Å². The molecule has 0 aliphatic carbocycles.